The van der Waals surface area contributed by atoms with Gasteiger partial charge in [0, 0.05) is 7.11 Å². The standard InChI is InChI=1S/C11H20N2O2/c1-4-6-8-11(14)13-10(12-8)9(15-3)7-5-2/h8-9H,4-7H2,1-3H3,(H,12,13,14). The molecule has 1 aliphatic rings. The number of aliphatic imine (C=N–C) groups is 1. The zero-order chi connectivity index (χ0) is 11.3. The van der Waals surface area contributed by atoms with Crippen LogP contribution in [0.1, 0.15) is 39.5 Å². The van der Waals surface area contributed by atoms with Gasteiger partial charge < -0.3 is 10.1 Å². The van der Waals surface area contributed by atoms with Crippen molar-refractivity contribution in [1.82, 2.24) is 5.32 Å². The molecule has 1 rings (SSSR count). The Balaban J connectivity index is 2.62. The summed E-state index contributed by atoms with van der Waals surface area (Å²) in [6.07, 6.45) is 3.65. The summed E-state index contributed by atoms with van der Waals surface area (Å²) in [5.41, 5.74) is 0. The first kappa shape index (κ1) is 12.2. The van der Waals surface area contributed by atoms with Crippen molar-refractivity contribution in [2.45, 2.75) is 51.7 Å². The summed E-state index contributed by atoms with van der Waals surface area (Å²) in [6, 6.07) is -0.195. The van der Waals surface area contributed by atoms with E-state index >= 15 is 0 Å². The van der Waals surface area contributed by atoms with E-state index in [-0.39, 0.29) is 18.1 Å². The fourth-order valence-electron chi connectivity index (χ4n) is 1.73. The van der Waals surface area contributed by atoms with E-state index in [1.165, 1.54) is 0 Å². The van der Waals surface area contributed by atoms with E-state index in [9.17, 15) is 4.79 Å². The molecule has 1 N–H and O–H groups in total. The highest BCUT2D eigenvalue weighted by Crippen LogP contribution is 2.12. The average molecular weight is 212 g/mol. The van der Waals surface area contributed by atoms with Gasteiger partial charge in [0.2, 0.25) is 5.91 Å². The summed E-state index contributed by atoms with van der Waals surface area (Å²) in [5, 5.41) is 2.81. The van der Waals surface area contributed by atoms with Gasteiger partial charge in [-0.2, -0.15) is 0 Å². The third kappa shape index (κ3) is 3.02. The summed E-state index contributed by atoms with van der Waals surface area (Å²) in [7, 11) is 1.65. The zero-order valence-corrected chi connectivity index (χ0v) is 9.75. The van der Waals surface area contributed by atoms with Gasteiger partial charge in [0.1, 0.15) is 18.0 Å². The Morgan fingerprint density at radius 3 is 2.73 bits per heavy atom. The van der Waals surface area contributed by atoms with Crippen LogP contribution in [-0.4, -0.2) is 31.0 Å². The molecule has 0 radical (unpaired) electrons. The maximum Gasteiger partial charge on any atom is 0.250 e. The molecular weight excluding hydrogens is 192 g/mol. The highest BCUT2D eigenvalue weighted by Gasteiger charge is 2.29. The van der Waals surface area contributed by atoms with Crippen molar-refractivity contribution >= 4 is 11.7 Å². The molecule has 86 valence electrons. The van der Waals surface area contributed by atoms with Gasteiger partial charge in [-0.05, 0) is 12.8 Å². The van der Waals surface area contributed by atoms with Crippen LogP contribution in [0.4, 0.5) is 0 Å². The molecule has 0 aliphatic carbocycles. The molecule has 1 aliphatic heterocycles. The lowest BCUT2D eigenvalue weighted by Gasteiger charge is -2.13. The van der Waals surface area contributed by atoms with E-state index < -0.39 is 0 Å². The molecule has 0 bridgehead atoms. The van der Waals surface area contributed by atoms with Crippen molar-refractivity contribution in [3.63, 3.8) is 0 Å². The van der Waals surface area contributed by atoms with Gasteiger partial charge in [-0.1, -0.05) is 26.7 Å². The van der Waals surface area contributed by atoms with Crippen molar-refractivity contribution in [1.29, 1.82) is 0 Å². The number of nitrogens with zero attached hydrogens (tertiary/aromatic N) is 1. The second kappa shape index (κ2) is 5.85. The Bertz CT molecular complexity index is 251. The van der Waals surface area contributed by atoms with E-state index in [0.29, 0.717) is 5.84 Å². The minimum atomic E-state index is -0.195. The Morgan fingerprint density at radius 2 is 2.20 bits per heavy atom. The topological polar surface area (TPSA) is 50.7 Å². The first-order chi connectivity index (χ1) is 7.22. The van der Waals surface area contributed by atoms with Crippen LogP contribution in [0.5, 0.6) is 0 Å². The molecule has 1 amide bonds. The van der Waals surface area contributed by atoms with Gasteiger partial charge in [0.25, 0.3) is 0 Å². The summed E-state index contributed by atoms with van der Waals surface area (Å²) in [6.45, 7) is 4.15. The fourth-order valence-corrected chi connectivity index (χ4v) is 1.73. The normalized spacial score (nSPS) is 22.5. The quantitative estimate of drug-likeness (QED) is 0.725. The molecule has 0 spiro atoms. The maximum atomic E-state index is 11.5. The van der Waals surface area contributed by atoms with Crippen molar-refractivity contribution in [2.24, 2.45) is 4.99 Å². The van der Waals surface area contributed by atoms with Crippen LogP contribution in [0.25, 0.3) is 0 Å². The van der Waals surface area contributed by atoms with Crippen molar-refractivity contribution in [3.8, 4) is 0 Å². The first-order valence-electron chi connectivity index (χ1n) is 5.64. The van der Waals surface area contributed by atoms with Gasteiger partial charge in [-0.3, -0.25) is 9.79 Å². The monoisotopic (exact) mass is 212 g/mol. The summed E-state index contributed by atoms with van der Waals surface area (Å²) in [5.74, 6) is 0.729. The SMILES string of the molecule is CCCC1N=C(C(CCC)OC)NC1=O. The van der Waals surface area contributed by atoms with Crippen LogP contribution in [0.15, 0.2) is 4.99 Å². The Labute approximate surface area is 91.1 Å². The summed E-state index contributed by atoms with van der Waals surface area (Å²) in [4.78, 5) is 15.9. The molecule has 4 nitrogen and oxygen atoms in total. The van der Waals surface area contributed by atoms with E-state index in [0.717, 1.165) is 25.7 Å². The Hall–Kier alpha value is -0.900. The number of ether oxygens (including phenoxy) is 1. The molecule has 0 aromatic heterocycles. The lowest BCUT2D eigenvalue weighted by atomic mass is 10.2. The minimum absolute atomic E-state index is 0.0185. The molecule has 2 atom stereocenters. The van der Waals surface area contributed by atoms with Gasteiger partial charge >= 0.3 is 0 Å². The predicted molar refractivity (Wildman–Crippen MR) is 60.0 cm³/mol. The van der Waals surface area contributed by atoms with Crippen molar-refractivity contribution in [3.05, 3.63) is 0 Å². The maximum absolute atomic E-state index is 11.5. The number of carbonyl (C=O) groups excluding carboxylic acids is 1. The zero-order valence-electron chi connectivity index (χ0n) is 9.75. The Kier molecular flexibility index (Phi) is 4.75. The lowest BCUT2D eigenvalue weighted by Crippen LogP contribution is -2.36. The third-order valence-electron chi connectivity index (χ3n) is 2.55. The average Bonchev–Trinajstić information content (AvgIpc) is 2.57. The number of amidine groups is 1. The second-order valence-electron chi connectivity index (χ2n) is 3.82. The Morgan fingerprint density at radius 1 is 1.47 bits per heavy atom. The van der Waals surface area contributed by atoms with Gasteiger partial charge in [-0.15, -0.1) is 0 Å². The molecular formula is C11H20N2O2. The number of rotatable bonds is 6. The van der Waals surface area contributed by atoms with E-state index in [1.807, 2.05) is 0 Å². The molecule has 0 aromatic carbocycles. The molecule has 0 saturated carbocycles. The number of carbonyl (C=O) groups is 1. The highest BCUT2D eigenvalue weighted by atomic mass is 16.5. The van der Waals surface area contributed by atoms with Crippen LogP contribution in [0.3, 0.4) is 0 Å². The highest BCUT2D eigenvalue weighted by molar-refractivity contribution is 6.07. The molecule has 0 fully saturated rings. The fraction of sp³-hybridized carbons (Fsp3) is 0.818. The summed E-state index contributed by atoms with van der Waals surface area (Å²) >= 11 is 0. The smallest absolute Gasteiger partial charge is 0.250 e. The number of methoxy groups -OCH3 is 1. The number of hydrogen-bond donors (Lipinski definition) is 1. The molecule has 0 saturated heterocycles. The second-order valence-corrected chi connectivity index (χ2v) is 3.82. The number of nitrogens with one attached hydrogen (secondary N) is 1. The minimum Gasteiger partial charge on any atom is -0.374 e. The van der Waals surface area contributed by atoms with Gasteiger partial charge in [0.15, 0.2) is 0 Å². The van der Waals surface area contributed by atoms with Crippen molar-refractivity contribution in [2.75, 3.05) is 7.11 Å². The predicted octanol–water partition coefficient (Wildman–Crippen LogP) is 1.50. The molecule has 0 aromatic rings. The number of hydrogen-bond acceptors (Lipinski definition) is 3. The lowest BCUT2D eigenvalue weighted by molar-refractivity contribution is -0.120. The van der Waals surface area contributed by atoms with E-state index in [2.05, 4.69) is 24.2 Å². The molecule has 4 heteroatoms. The van der Waals surface area contributed by atoms with Gasteiger partial charge in [0.05, 0.1) is 0 Å². The number of amides is 1. The largest absolute Gasteiger partial charge is 0.374 e. The molecule has 1 heterocycles. The van der Waals surface area contributed by atoms with Gasteiger partial charge in [-0.25, -0.2) is 0 Å². The van der Waals surface area contributed by atoms with Crippen LogP contribution in [0, 0.1) is 0 Å². The van der Waals surface area contributed by atoms with Crippen LogP contribution in [0.2, 0.25) is 0 Å². The molecule has 2 unspecified atom stereocenters. The summed E-state index contributed by atoms with van der Waals surface area (Å²) < 4.78 is 5.30. The van der Waals surface area contributed by atoms with Crippen LogP contribution < -0.4 is 5.32 Å². The molecule has 15 heavy (non-hydrogen) atoms. The van der Waals surface area contributed by atoms with Crippen LogP contribution >= 0.6 is 0 Å². The van der Waals surface area contributed by atoms with E-state index in [1.54, 1.807) is 7.11 Å². The third-order valence-corrected chi connectivity index (χ3v) is 2.55. The van der Waals surface area contributed by atoms with Crippen LogP contribution in [-0.2, 0) is 9.53 Å². The van der Waals surface area contributed by atoms with E-state index in [4.69, 9.17) is 4.74 Å². The first-order valence-corrected chi connectivity index (χ1v) is 5.64. The van der Waals surface area contributed by atoms with Crippen molar-refractivity contribution < 1.29 is 9.53 Å².